The molecule has 1 heterocycles. The Bertz CT molecular complexity index is 515. The molecule has 96 valence electrons. The van der Waals surface area contributed by atoms with Gasteiger partial charge in [0.2, 0.25) is 0 Å². The van der Waals surface area contributed by atoms with Gasteiger partial charge in [-0.15, -0.1) is 0 Å². The summed E-state index contributed by atoms with van der Waals surface area (Å²) in [6.45, 7) is 1.98. The van der Waals surface area contributed by atoms with Crippen LogP contribution in [0, 0.1) is 11.6 Å². The van der Waals surface area contributed by atoms with E-state index in [0.717, 1.165) is 5.56 Å². The van der Waals surface area contributed by atoms with E-state index in [1.165, 1.54) is 22.9 Å². The molecular formula is C13H15F2N3. The molecule has 2 aromatic rings. The van der Waals surface area contributed by atoms with E-state index in [2.05, 4.69) is 5.10 Å². The maximum atomic E-state index is 13.5. The highest BCUT2D eigenvalue weighted by Gasteiger charge is 2.10. The quantitative estimate of drug-likeness (QED) is 0.904. The minimum Gasteiger partial charge on any atom is -0.328 e. The Morgan fingerprint density at radius 3 is 2.61 bits per heavy atom. The van der Waals surface area contributed by atoms with Crippen LogP contribution < -0.4 is 5.73 Å². The largest absolute Gasteiger partial charge is 0.328 e. The second kappa shape index (κ2) is 5.27. The third-order valence-electron chi connectivity index (χ3n) is 2.63. The van der Waals surface area contributed by atoms with Crippen LogP contribution in [0.5, 0.6) is 0 Å². The first-order chi connectivity index (χ1) is 8.56. The Morgan fingerprint density at radius 1 is 1.33 bits per heavy atom. The third kappa shape index (κ3) is 2.92. The van der Waals surface area contributed by atoms with Gasteiger partial charge in [-0.3, -0.25) is 4.68 Å². The summed E-state index contributed by atoms with van der Waals surface area (Å²) in [7, 11) is 0. The molecule has 5 heteroatoms. The van der Waals surface area contributed by atoms with E-state index in [1.807, 2.05) is 6.92 Å². The van der Waals surface area contributed by atoms with Gasteiger partial charge < -0.3 is 5.73 Å². The monoisotopic (exact) mass is 251 g/mol. The second-order valence-electron chi connectivity index (χ2n) is 4.43. The maximum absolute atomic E-state index is 13.5. The first kappa shape index (κ1) is 12.7. The van der Waals surface area contributed by atoms with Crippen molar-refractivity contribution in [2.24, 2.45) is 5.73 Å². The normalized spacial score (nSPS) is 12.7. The Hall–Kier alpha value is -1.75. The number of hydrogen-bond donors (Lipinski definition) is 1. The second-order valence-corrected chi connectivity index (χ2v) is 4.43. The fourth-order valence-electron chi connectivity index (χ4n) is 1.82. The standard InChI is InChI=1S/C13H15F2N3/c1-9(16)5-10-6-17-18(7-10)8-11-12(14)3-2-4-13(11)15/h2-4,6-7,9H,5,8,16H2,1H3. The zero-order valence-corrected chi connectivity index (χ0v) is 10.1. The highest BCUT2D eigenvalue weighted by atomic mass is 19.1. The van der Waals surface area contributed by atoms with Crippen molar-refractivity contribution >= 4 is 0 Å². The minimum absolute atomic E-state index is 0.0212. The summed E-state index contributed by atoms with van der Waals surface area (Å²) in [6, 6.07) is 3.86. The lowest BCUT2D eigenvalue weighted by Gasteiger charge is -2.05. The number of nitrogens with two attached hydrogens (primary N) is 1. The third-order valence-corrected chi connectivity index (χ3v) is 2.63. The van der Waals surface area contributed by atoms with Crippen molar-refractivity contribution < 1.29 is 8.78 Å². The lowest BCUT2D eigenvalue weighted by Crippen LogP contribution is -2.17. The van der Waals surface area contributed by atoms with Crippen LogP contribution in [0.25, 0.3) is 0 Å². The topological polar surface area (TPSA) is 43.8 Å². The van der Waals surface area contributed by atoms with Crippen molar-refractivity contribution in [2.75, 3.05) is 0 Å². The molecule has 0 saturated heterocycles. The summed E-state index contributed by atoms with van der Waals surface area (Å²) in [5, 5.41) is 4.07. The average molecular weight is 251 g/mol. The van der Waals surface area contributed by atoms with E-state index in [1.54, 1.807) is 12.4 Å². The van der Waals surface area contributed by atoms with Gasteiger partial charge in [0.25, 0.3) is 0 Å². The molecule has 0 aliphatic carbocycles. The van der Waals surface area contributed by atoms with Crippen LogP contribution in [0.2, 0.25) is 0 Å². The number of halogens is 2. The highest BCUT2D eigenvalue weighted by Crippen LogP contribution is 2.13. The van der Waals surface area contributed by atoms with Crippen LogP contribution >= 0.6 is 0 Å². The molecule has 0 saturated carbocycles. The molecule has 3 nitrogen and oxygen atoms in total. The zero-order valence-electron chi connectivity index (χ0n) is 10.1. The fourth-order valence-corrected chi connectivity index (χ4v) is 1.82. The Morgan fingerprint density at radius 2 is 2.00 bits per heavy atom. The molecule has 2 N–H and O–H groups in total. The predicted octanol–water partition coefficient (Wildman–Crippen LogP) is 2.10. The number of aromatic nitrogens is 2. The van der Waals surface area contributed by atoms with Crippen molar-refractivity contribution in [3.8, 4) is 0 Å². The molecule has 0 bridgehead atoms. The molecule has 0 spiro atoms. The van der Waals surface area contributed by atoms with Gasteiger partial charge in [-0.1, -0.05) is 6.07 Å². The van der Waals surface area contributed by atoms with Crippen LogP contribution in [0.15, 0.2) is 30.6 Å². The van der Waals surface area contributed by atoms with Gasteiger partial charge in [0, 0.05) is 17.8 Å². The van der Waals surface area contributed by atoms with Gasteiger partial charge in [-0.25, -0.2) is 8.78 Å². The van der Waals surface area contributed by atoms with E-state index in [4.69, 9.17) is 5.73 Å². The summed E-state index contributed by atoms with van der Waals surface area (Å²) < 4.78 is 28.4. The van der Waals surface area contributed by atoms with Crippen molar-refractivity contribution in [1.29, 1.82) is 0 Å². The lowest BCUT2D eigenvalue weighted by molar-refractivity contribution is 0.532. The van der Waals surface area contributed by atoms with Gasteiger partial charge in [0.15, 0.2) is 0 Å². The van der Waals surface area contributed by atoms with Crippen LogP contribution in [-0.2, 0) is 13.0 Å². The van der Waals surface area contributed by atoms with Crippen molar-refractivity contribution in [2.45, 2.75) is 25.9 Å². The van der Waals surface area contributed by atoms with Crippen molar-refractivity contribution in [3.05, 3.63) is 53.4 Å². The zero-order chi connectivity index (χ0) is 13.1. The first-order valence-corrected chi connectivity index (χ1v) is 5.76. The highest BCUT2D eigenvalue weighted by molar-refractivity contribution is 5.20. The average Bonchev–Trinajstić information content (AvgIpc) is 2.70. The molecule has 0 radical (unpaired) electrons. The molecular weight excluding hydrogens is 236 g/mol. The SMILES string of the molecule is CC(N)Cc1cnn(Cc2c(F)cccc2F)c1. The number of hydrogen-bond acceptors (Lipinski definition) is 2. The fraction of sp³-hybridized carbons (Fsp3) is 0.308. The Balaban J connectivity index is 2.16. The molecule has 0 aliphatic rings. The van der Waals surface area contributed by atoms with Gasteiger partial charge in [0.05, 0.1) is 12.7 Å². The summed E-state index contributed by atoms with van der Waals surface area (Å²) >= 11 is 0. The molecule has 0 aliphatic heterocycles. The van der Waals surface area contributed by atoms with Crippen LogP contribution in [0.1, 0.15) is 18.1 Å². The van der Waals surface area contributed by atoms with Gasteiger partial charge in [-0.05, 0) is 31.0 Å². The Kier molecular flexibility index (Phi) is 3.72. The summed E-state index contributed by atoms with van der Waals surface area (Å²) in [5.74, 6) is -1.11. The van der Waals surface area contributed by atoms with Crippen molar-refractivity contribution in [1.82, 2.24) is 9.78 Å². The summed E-state index contributed by atoms with van der Waals surface area (Å²) in [5.41, 5.74) is 6.66. The molecule has 18 heavy (non-hydrogen) atoms. The van der Waals surface area contributed by atoms with Gasteiger partial charge >= 0.3 is 0 Å². The Labute approximate surface area is 104 Å². The number of nitrogens with zero attached hydrogens (tertiary/aromatic N) is 2. The molecule has 1 aromatic carbocycles. The number of benzene rings is 1. The van der Waals surface area contributed by atoms with Crippen LogP contribution in [0.4, 0.5) is 8.78 Å². The maximum Gasteiger partial charge on any atom is 0.131 e. The predicted molar refractivity (Wildman–Crippen MR) is 65.0 cm³/mol. The van der Waals surface area contributed by atoms with Gasteiger partial charge in [0.1, 0.15) is 11.6 Å². The smallest absolute Gasteiger partial charge is 0.131 e. The first-order valence-electron chi connectivity index (χ1n) is 5.76. The summed E-state index contributed by atoms with van der Waals surface area (Å²) in [6.07, 6.45) is 4.12. The van der Waals surface area contributed by atoms with E-state index in [-0.39, 0.29) is 18.2 Å². The molecule has 0 amide bonds. The lowest BCUT2D eigenvalue weighted by atomic mass is 10.1. The molecule has 0 fully saturated rings. The van der Waals surface area contributed by atoms with E-state index < -0.39 is 11.6 Å². The van der Waals surface area contributed by atoms with Crippen molar-refractivity contribution in [3.63, 3.8) is 0 Å². The molecule has 2 rings (SSSR count). The van der Waals surface area contributed by atoms with E-state index >= 15 is 0 Å². The molecule has 1 unspecified atom stereocenters. The van der Waals surface area contributed by atoms with E-state index in [9.17, 15) is 8.78 Å². The summed E-state index contributed by atoms with van der Waals surface area (Å²) in [4.78, 5) is 0. The van der Waals surface area contributed by atoms with Gasteiger partial charge in [-0.2, -0.15) is 5.10 Å². The van der Waals surface area contributed by atoms with E-state index in [0.29, 0.717) is 6.42 Å². The minimum atomic E-state index is -0.556. The van der Waals surface area contributed by atoms with Crippen LogP contribution in [-0.4, -0.2) is 15.8 Å². The van der Waals surface area contributed by atoms with Crippen LogP contribution in [0.3, 0.4) is 0 Å². The number of rotatable bonds is 4. The molecule has 1 atom stereocenters. The molecule has 1 aromatic heterocycles.